The minimum Gasteiger partial charge on any atom is -0.366 e. The highest BCUT2D eigenvalue weighted by molar-refractivity contribution is 9.10. The zero-order valence-corrected chi connectivity index (χ0v) is 13.5. The summed E-state index contributed by atoms with van der Waals surface area (Å²) in [6.45, 7) is 2.75. The van der Waals surface area contributed by atoms with Crippen molar-refractivity contribution in [2.75, 3.05) is 0 Å². The minimum absolute atomic E-state index is 0.380. The summed E-state index contributed by atoms with van der Waals surface area (Å²) in [6, 6.07) is 7.22. The number of aromatic amines is 1. The molecule has 0 bridgehead atoms. The van der Waals surface area contributed by atoms with E-state index >= 15 is 0 Å². The summed E-state index contributed by atoms with van der Waals surface area (Å²) in [5, 5.41) is 5.66. The van der Waals surface area contributed by atoms with Crippen LogP contribution in [0.2, 0.25) is 5.02 Å². The number of rotatable bonds is 3. The molecule has 0 spiro atoms. The molecule has 2 heterocycles. The average molecular weight is 368 g/mol. The Balaban J connectivity index is 2.26. The fraction of sp³-hybridized carbons (Fsp3) is 0.143. The smallest absolute Gasteiger partial charge is 0.250 e. The molecular weight excluding hydrogens is 356 g/mol. The second-order valence-corrected chi connectivity index (χ2v) is 5.88. The molecule has 0 aliphatic rings. The Morgan fingerprint density at radius 1 is 1.43 bits per heavy atom. The molecule has 5 nitrogen and oxygen atoms in total. The number of fused-ring (bicyclic) bond motifs is 1. The molecule has 0 saturated carbocycles. The number of carbonyl (C=O) groups is 1. The van der Waals surface area contributed by atoms with Crippen molar-refractivity contribution in [1.29, 1.82) is 0 Å². The maximum atomic E-state index is 11.6. The average Bonchev–Trinajstić information content (AvgIpc) is 3.00. The lowest BCUT2D eigenvalue weighted by Crippen LogP contribution is -2.11. The van der Waals surface area contributed by atoms with Crippen LogP contribution >= 0.6 is 27.5 Å². The highest BCUT2D eigenvalue weighted by Crippen LogP contribution is 2.30. The lowest BCUT2D eigenvalue weighted by molar-refractivity contribution is 0.100. The lowest BCUT2D eigenvalue weighted by Gasteiger charge is -2.01. The molecule has 0 unspecified atom stereocenters. The van der Waals surface area contributed by atoms with E-state index in [0.717, 1.165) is 27.9 Å². The van der Waals surface area contributed by atoms with Crippen molar-refractivity contribution >= 4 is 44.3 Å². The standard InChI is InChI=1S/C14H12BrClN4O/c1-2-20-11(6-12(15)19-20)10-4-7-3-8(16)5-9(14(17)21)13(7)18-10/h3-6,18H,2H2,1H3,(H2,17,21). The first-order valence-electron chi connectivity index (χ1n) is 6.35. The molecule has 0 saturated heterocycles. The maximum absolute atomic E-state index is 11.6. The first kappa shape index (κ1) is 14.2. The van der Waals surface area contributed by atoms with E-state index in [1.54, 1.807) is 12.1 Å². The van der Waals surface area contributed by atoms with Crippen LogP contribution in [0.3, 0.4) is 0 Å². The molecule has 0 aliphatic heterocycles. The molecule has 108 valence electrons. The van der Waals surface area contributed by atoms with Crippen LogP contribution in [0.25, 0.3) is 22.3 Å². The normalized spacial score (nSPS) is 11.2. The van der Waals surface area contributed by atoms with Crippen molar-refractivity contribution in [2.45, 2.75) is 13.5 Å². The molecule has 21 heavy (non-hydrogen) atoms. The van der Waals surface area contributed by atoms with Crippen molar-refractivity contribution < 1.29 is 4.79 Å². The first-order valence-corrected chi connectivity index (χ1v) is 7.52. The Morgan fingerprint density at radius 3 is 2.86 bits per heavy atom. The molecule has 0 atom stereocenters. The predicted molar refractivity (Wildman–Crippen MR) is 86.4 cm³/mol. The number of hydrogen-bond acceptors (Lipinski definition) is 2. The number of hydrogen-bond donors (Lipinski definition) is 2. The molecule has 1 amide bonds. The van der Waals surface area contributed by atoms with E-state index in [0.29, 0.717) is 16.1 Å². The summed E-state index contributed by atoms with van der Waals surface area (Å²) in [6.07, 6.45) is 0. The van der Waals surface area contributed by atoms with Gasteiger partial charge in [-0.15, -0.1) is 0 Å². The number of nitrogens with one attached hydrogen (secondary N) is 1. The van der Waals surface area contributed by atoms with Gasteiger partial charge in [-0.3, -0.25) is 9.48 Å². The van der Waals surface area contributed by atoms with Gasteiger partial charge >= 0.3 is 0 Å². The number of carbonyl (C=O) groups excluding carboxylic acids is 1. The topological polar surface area (TPSA) is 76.7 Å². The molecule has 2 aromatic heterocycles. The summed E-state index contributed by atoms with van der Waals surface area (Å²) in [4.78, 5) is 14.8. The summed E-state index contributed by atoms with van der Waals surface area (Å²) in [5.41, 5.74) is 8.26. The number of amides is 1. The van der Waals surface area contributed by atoms with Gasteiger partial charge < -0.3 is 10.7 Å². The van der Waals surface area contributed by atoms with Crippen LogP contribution in [0.5, 0.6) is 0 Å². The third-order valence-corrected chi connectivity index (χ3v) is 3.89. The molecule has 7 heteroatoms. The fourth-order valence-electron chi connectivity index (χ4n) is 2.38. The third-order valence-electron chi connectivity index (χ3n) is 3.28. The molecule has 0 fully saturated rings. The molecule has 3 N–H and O–H groups in total. The van der Waals surface area contributed by atoms with E-state index in [2.05, 4.69) is 26.0 Å². The van der Waals surface area contributed by atoms with E-state index in [1.165, 1.54) is 0 Å². The van der Waals surface area contributed by atoms with Crippen LogP contribution in [-0.2, 0) is 6.54 Å². The second-order valence-electron chi connectivity index (χ2n) is 4.63. The molecule has 0 radical (unpaired) electrons. The van der Waals surface area contributed by atoms with Gasteiger partial charge in [0, 0.05) is 23.0 Å². The van der Waals surface area contributed by atoms with Gasteiger partial charge in [0.25, 0.3) is 5.91 Å². The van der Waals surface area contributed by atoms with E-state index < -0.39 is 5.91 Å². The van der Waals surface area contributed by atoms with E-state index in [4.69, 9.17) is 17.3 Å². The lowest BCUT2D eigenvalue weighted by atomic mass is 10.1. The van der Waals surface area contributed by atoms with E-state index in [1.807, 2.05) is 23.7 Å². The Hall–Kier alpha value is -1.79. The zero-order chi connectivity index (χ0) is 15.1. The second kappa shape index (κ2) is 5.20. The van der Waals surface area contributed by atoms with Crippen LogP contribution < -0.4 is 5.73 Å². The SMILES string of the molecule is CCn1nc(Br)cc1-c1cc2cc(Cl)cc(C(N)=O)c2[nH]1. The number of halogens is 2. The summed E-state index contributed by atoms with van der Waals surface area (Å²) < 4.78 is 2.62. The molecule has 1 aromatic carbocycles. The van der Waals surface area contributed by atoms with Crippen molar-refractivity contribution in [3.05, 3.63) is 39.5 Å². The molecule has 3 rings (SSSR count). The maximum Gasteiger partial charge on any atom is 0.250 e. The predicted octanol–water partition coefficient (Wildman–Crippen LogP) is 3.57. The van der Waals surface area contributed by atoms with Crippen LogP contribution in [0.15, 0.2) is 28.9 Å². The van der Waals surface area contributed by atoms with Crippen LogP contribution in [0.4, 0.5) is 0 Å². The van der Waals surface area contributed by atoms with Gasteiger partial charge in [0.1, 0.15) is 4.60 Å². The molecular formula is C14H12BrClN4O. The monoisotopic (exact) mass is 366 g/mol. The number of aryl methyl sites for hydroxylation is 1. The molecule has 0 aliphatic carbocycles. The largest absolute Gasteiger partial charge is 0.366 e. The van der Waals surface area contributed by atoms with Gasteiger partial charge in [0.2, 0.25) is 0 Å². The number of H-pyrrole nitrogens is 1. The summed E-state index contributed by atoms with van der Waals surface area (Å²) in [7, 11) is 0. The van der Waals surface area contributed by atoms with Gasteiger partial charge in [0.05, 0.1) is 22.5 Å². The van der Waals surface area contributed by atoms with E-state index in [9.17, 15) is 4.79 Å². The third kappa shape index (κ3) is 2.45. The van der Waals surface area contributed by atoms with Crippen molar-refractivity contribution in [3.8, 4) is 11.4 Å². The van der Waals surface area contributed by atoms with Gasteiger partial charge in [0.15, 0.2) is 0 Å². The summed E-state index contributed by atoms with van der Waals surface area (Å²) in [5.74, 6) is -0.513. The van der Waals surface area contributed by atoms with E-state index in [-0.39, 0.29) is 0 Å². The Bertz CT molecular complexity index is 852. The molecule has 3 aromatic rings. The highest BCUT2D eigenvalue weighted by Gasteiger charge is 2.15. The highest BCUT2D eigenvalue weighted by atomic mass is 79.9. The quantitative estimate of drug-likeness (QED) is 0.742. The minimum atomic E-state index is -0.513. The zero-order valence-electron chi connectivity index (χ0n) is 11.2. The number of nitrogens with two attached hydrogens (primary N) is 1. The van der Waals surface area contributed by atoms with Crippen molar-refractivity contribution in [2.24, 2.45) is 5.73 Å². The Labute approximate surface area is 134 Å². The Morgan fingerprint density at radius 2 is 2.19 bits per heavy atom. The van der Waals surface area contributed by atoms with Gasteiger partial charge in [-0.2, -0.15) is 5.10 Å². The first-order chi connectivity index (χ1) is 9.99. The Kier molecular flexibility index (Phi) is 3.51. The number of benzene rings is 1. The van der Waals surface area contributed by atoms with Gasteiger partial charge in [-0.25, -0.2) is 0 Å². The van der Waals surface area contributed by atoms with Crippen LogP contribution in [0, 0.1) is 0 Å². The van der Waals surface area contributed by atoms with Gasteiger partial charge in [-0.05, 0) is 41.1 Å². The number of nitrogens with zero attached hydrogens (tertiary/aromatic N) is 2. The van der Waals surface area contributed by atoms with Crippen molar-refractivity contribution in [3.63, 3.8) is 0 Å². The number of primary amides is 1. The number of aromatic nitrogens is 3. The van der Waals surface area contributed by atoms with Crippen LogP contribution in [-0.4, -0.2) is 20.7 Å². The van der Waals surface area contributed by atoms with Crippen molar-refractivity contribution in [1.82, 2.24) is 14.8 Å². The van der Waals surface area contributed by atoms with Crippen LogP contribution in [0.1, 0.15) is 17.3 Å². The summed E-state index contributed by atoms with van der Waals surface area (Å²) >= 11 is 9.41. The van der Waals surface area contributed by atoms with Gasteiger partial charge in [-0.1, -0.05) is 11.6 Å². The fourth-order valence-corrected chi connectivity index (χ4v) is 3.02.